The Morgan fingerprint density at radius 2 is 1.91 bits per heavy atom. The molecule has 0 saturated heterocycles. The van der Waals surface area contributed by atoms with Crippen molar-refractivity contribution in [2.24, 2.45) is 0 Å². The Morgan fingerprint density at radius 1 is 1.15 bits per heavy atom. The van der Waals surface area contributed by atoms with Gasteiger partial charge in [0.2, 0.25) is 0 Å². The van der Waals surface area contributed by atoms with E-state index in [-0.39, 0.29) is 17.7 Å². The molecule has 3 rings (SSSR count). The van der Waals surface area contributed by atoms with Crippen LogP contribution in [0.4, 0.5) is 0 Å². The Hall–Kier alpha value is -4.13. The van der Waals surface area contributed by atoms with Crippen molar-refractivity contribution >= 4 is 24.1 Å². The molecule has 0 aliphatic heterocycles. The second kappa shape index (κ2) is 11.7. The molecule has 0 amide bonds. The quantitative estimate of drug-likeness (QED) is 0.197. The van der Waals surface area contributed by atoms with Crippen LogP contribution in [0.3, 0.4) is 0 Å². The van der Waals surface area contributed by atoms with Crippen LogP contribution in [-0.4, -0.2) is 36.1 Å². The van der Waals surface area contributed by atoms with E-state index in [0.29, 0.717) is 35.5 Å². The molecule has 3 aromatic rings. The number of carbonyl (C=O) groups excluding carboxylic acids is 2. The van der Waals surface area contributed by atoms with E-state index in [2.05, 4.69) is 16.5 Å². The number of hydrogen-bond acceptors (Lipinski definition) is 6. The number of nitrogens with one attached hydrogen (secondary N) is 1. The number of H-pyrrole nitrogens is 1. The third kappa shape index (κ3) is 6.22. The zero-order chi connectivity index (χ0) is 24.5. The number of imidazole rings is 1. The molecule has 0 fully saturated rings. The standard InChI is InChI=1S/C27H28N2O5/c1-18(2)10-13-21-22(32-3)16-20(12-11-19-8-6-5-7-9-19)25(27(31)33-4)26(21)34-24(30)17-23-28-14-15-29-23/h5-9,11-12,14-16H,1,10,13,17H2,2-4H3,(H,28,29)/b12-11+. The van der Waals surface area contributed by atoms with Crippen molar-refractivity contribution in [2.75, 3.05) is 14.2 Å². The van der Waals surface area contributed by atoms with Crippen LogP contribution in [0, 0.1) is 0 Å². The van der Waals surface area contributed by atoms with Gasteiger partial charge in [-0.25, -0.2) is 9.78 Å². The number of carbonyl (C=O) groups is 2. The van der Waals surface area contributed by atoms with Crippen molar-refractivity contribution in [2.45, 2.75) is 26.2 Å². The fourth-order valence-corrected chi connectivity index (χ4v) is 3.44. The molecule has 1 N–H and O–H groups in total. The van der Waals surface area contributed by atoms with Crippen LogP contribution >= 0.6 is 0 Å². The summed E-state index contributed by atoms with van der Waals surface area (Å²) in [7, 11) is 2.83. The topological polar surface area (TPSA) is 90.5 Å². The van der Waals surface area contributed by atoms with Gasteiger partial charge in [-0.1, -0.05) is 48.1 Å². The fourth-order valence-electron chi connectivity index (χ4n) is 3.44. The van der Waals surface area contributed by atoms with Crippen LogP contribution in [0.5, 0.6) is 11.5 Å². The molecule has 0 atom stereocenters. The molecule has 7 heteroatoms. The molecule has 0 unspecified atom stereocenters. The van der Waals surface area contributed by atoms with Crippen molar-refractivity contribution in [3.05, 3.63) is 89.0 Å². The summed E-state index contributed by atoms with van der Waals surface area (Å²) in [4.78, 5) is 32.7. The van der Waals surface area contributed by atoms with Gasteiger partial charge in [-0.2, -0.15) is 0 Å². The summed E-state index contributed by atoms with van der Waals surface area (Å²) in [6.07, 6.45) is 7.82. The zero-order valence-electron chi connectivity index (χ0n) is 19.6. The second-order valence-corrected chi connectivity index (χ2v) is 7.73. The average Bonchev–Trinajstić information content (AvgIpc) is 3.34. The SMILES string of the molecule is C=C(C)CCc1c(OC)cc(/C=C/c2ccccc2)c(C(=O)OC)c1OC(=O)Cc1ncc[nH]1. The van der Waals surface area contributed by atoms with Gasteiger partial charge >= 0.3 is 11.9 Å². The van der Waals surface area contributed by atoms with Gasteiger partial charge in [0.05, 0.1) is 14.2 Å². The molecule has 1 aromatic heterocycles. The van der Waals surface area contributed by atoms with Gasteiger partial charge in [0.15, 0.2) is 5.75 Å². The van der Waals surface area contributed by atoms with Gasteiger partial charge in [0.1, 0.15) is 23.6 Å². The molecule has 34 heavy (non-hydrogen) atoms. The van der Waals surface area contributed by atoms with Gasteiger partial charge in [0.25, 0.3) is 0 Å². The lowest BCUT2D eigenvalue weighted by Crippen LogP contribution is -2.18. The van der Waals surface area contributed by atoms with E-state index in [4.69, 9.17) is 14.2 Å². The summed E-state index contributed by atoms with van der Waals surface area (Å²) >= 11 is 0. The minimum atomic E-state index is -0.618. The highest BCUT2D eigenvalue weighted by Crippen LogP contribution is 2.38. The first-order valence-electron chi connectivity index (χ1n) is 10.8. The highest BCUT2D eigenvalue weighted by atomic mass is 16.5. The highest BCUT2D eigenvalue weighted by Gasteiger charge is 2.27. The van der Waals surface area contributed by atoms with Gasteiger partial charge < -0.3 is 19.2 Å². The molecule has 0 spiro atoms. The first-order chi connectivity index (χ1) is 16.4. The largest absolute Gasteiger partial charge is 0.496 e. The molecular weight excluding hydrogens is 432 g/mol. The van der Waals surface area contributed by atoms with Gasteiger partial charge in [0, 0.05) is 18.0 Å². The maximum atomic E-state index is 12.9. The van der Waals surface area contributed by atoms with Crippen molar-refractivity contribution in [3.8, 4) is 11.5 Å². The number of rotatable bonds is 10. The molecule has 7 nitrogen and oxygen atoms in total. The van der Waals surface area contributed by atoms with E-state index in [1.54, 1.807) is 24.5 Å². The molecule has 1 heterocycles. The van der Waals surface area contributed by atoms with E-state index in [1.807, 2.05) is 43.3 Å². The summed E-state index contributed by atoms with van der Waals surface area (Å²) in [5.74, 6) is -0.102. The molecule has 0 aliphatic rings. The highest BCUT2D eigenvalue weighted by molar-refractivity contribution is 5.99. The van der Waals surface area contributed by atoms with Crippen LogP contribution in [0.15, 0.2) is 60.9 Å². The summed E-state index contributed by atoms with van der Waals surface area (Å²) in [6, 6.07) is 11.4. The van der Waals surface area contributed by atoms with E-state index < -0.39 is 11.9 Å². The number of aromatic amines is 1. The summed E-state index contributed by atoms with van der Waals surface area (Å²) in [5.41, 5.74) is 3.14. The third-order valence-electron chi connectivity index (χ3n) is 5.12. The Labute approximate surface area is 199 Å². The minimum absolute atomic E-state index is 0.0834. The van der Waals surface area contributed by atoms with Gasteiger partial charge in [-0.05, 0) is 37.0 Å². The molecule has 0 bridgehead atoms. The summed E-state index contributed by atoms with van der Waals surface area (Å²) < 4.78 is 16.5. The Morgan fingerprint density at radius 3 is 2.53 bits per heavy atom. The average molecular weight is 461 g/mol. The van der Waals surface area contributed by atoms with Crippen LogP contribution in [0.25, 0.3) is 12.2 Å². The number of ether oxygens (including phenoxy) is 3. The first-order valence-corrected chi connectivity index (χ1v) is 10.8. The lowest BCUT2D eigenvalue weighted by atomic mass is 9.96. The van der Waals surface area contributed by atoms with Crippen LogP contribution in [0.1, 0.15) is 46.2 Å². The van der Waals surface area contributed by atoms with Crippen LogP contribution in [-0.2, 0) is 22.4 Å². The monoisotopic (exact) mass is 460 g/mol. The Balaban J connectivity index is 2.14. The maximum Gasteiger partial charge on any atom is 0.342 e. The number of benzene rings is 2. The molecular formula is C27H28N2O5. The van der Waals surface area contributed by atoms with Gasteiger partial charge in [-0.15, -0.1) is 6.58 Å². The first kappa shape index (κ1) is 24.5. The second-order valence-electron chi connectivity index (χ2n) is 7.73. The van der Waals surface area contributed by atoms with Gasteiger partial charge in [-0.3, -0.25) is 4.79 Å². The molecule has 0 aliphatic carbocycles. The Kier molecular flexibility index (Phi) is 8.40. The number of allylic oxidation sites excluding steroid dienone is 1. The predicted octanol–water partition coefficient (Wildman–Crippen LogP) is 5.03. The fraction of sp³-hybridized carbons (Fsp3) is 0.222. The zero-order valence-corrected chi connectivity index (χ0v) is 19.6. The van der Waals surface area contributed by atoms with Crippen molar-refractivity contribution in [3.63, 3.8) is 0 Å². The number of methoxy groups -OCH3 is 2. The number of aromatic nitrogens is 2. The lowest BCUT2D eigenvalue weighted by molar-refractivity contribution is -0.133. The van der Waals surface area contributed by atoms with E-state index >= 15 is 0 Å². The third-order valence-corrected chi connectivity index (χ3v) is 5.12. The van der Waals surface area contributed by atoms with Crippen molar-refractivity contribution < 1.29 is 23.8 Å². The number of nitrogens with zero attached hydrogens (tertiary/aromatic N) is 1. The predicted molar refractivity (Wildman–Crippen MR) is 131 cm³/mol. The normalized spacial score (nSPS) is 10.8. The van der Waals surface area contributed by atoms with Crippen molar-refractivity contribution in [1.29, 1.82) is 0 Å². The number of esters is 2. The van der Waals surface area contributed by atoms with Crippen LogP contribution in [0.2, 0.25) is 0 Å². The molecule has 0 radical (unpaired) electrons. The van der Waals surface area contributed by atoms with Crippen molar-refractivity contribution in [1.82, 2.24) is 9.97 Å². The molecule has 0 saturated carbocycles. The smallest absolute Gasteiger partial charge is 0.342 e. The minimum Gasteiger partial charge on any atom is -0.496 e. The maximum absolute atomic E-state index is 12.9. The lowest BCUT2D eigenvalue weighted by Gasteiger charge is -2.19. The van der Waals surface area contributed by atoms with E-state index in [9.17, 15) is 9.59 Å². The molecule has 2 aromatic carbocycles. The summed E-state index contributed by atoms with van der Waals surface area (Å²) in [5, 5.41) is 0. The number of hydrogen-bond donors (Lipinski definition) is 1. The van der Waals surface area contributed by atoms with Crippen LogP contribution < -0.4 is 9.47 Å². The van der Waals surface area contributed by atoms with E-state index in [0.717, 1.165) is 11.1 Å². The Bertz CT molecular complexity index is 1180. The molecule has 176 valence electrons. The van der Waals surface area contributed by atoms with E-state index in [1.165, 1.54) is 14.2 Å². The summed E-state index contributed by atoms with van der Waals surface area (Å²) in [6.45, 7) is 5.87.